The Hall–Kier alpha value is -2.63. The fourth-order valence-electron chi connectivity index (χ4n) is 4.51. The maximum atomic E-state index is 13.6. The van der Waals surface area contributed by atoms with Gasteiger partial charge in [0, 0.05) is 18.4 Å². The molecule has 4 rings (SSSR count). The van der Waals surface area contributed by atoms with Crippen molar-refractivity contribution in [1.82, 2.24) is 5.32 Å². The standard InChI is InChI=1S/C24H27F2NO3/c1-29-22-9-7-16(13-23(22)30-19-4-2-3-5-19)18-12-17(24(28)27-14-18)10-15-6-8-20(25)21(26)11-15/h6-9,11,13,17-19H,2-5,10,12,14H2,1H3,(H,27,28). The van der Waals surface area contributed by atoms with Crippen LogP contribution >= 0.6 is 0 Å². The van der Waals surface area contributed by atoms with Gasteiger partial charge in [0.2, 0.25) is 5.91 Å². The molecule has 2 atom stereocenters. The molecule has 6 heteroatoms. The molecular formula is C24H27F2NO3. The van der Waals surface area contributed by atoms with Crippen molar-refractivity contribution in [3.05, 3.63) is 59.2 Å². The van der Waals surface area contributed by atoms with Crippen molar-refractivity contribution in [2.45, 2.75) is 50.5 Å². The van der Waals surface area contributed by atoms with E-state index < -0.39 is 11.6 Å². The first kappa shape index (κ1) is 20.6. The Morgan fingerprint density at radius 3 is 2.57 bits per heavy atom. The van der Waals surface area contributed by atoms with E-state index in [-0.39, 0.29) is 23.8 Å². The number of methoxy groups -OCH3 is 1. The third-order valence-corrected chi connectivity index (χ3v) is 6.18. The zero-order chi connectivity index (χ0) is 21.1. The SMILES string of the molecule is COc1ccc(C2CNC(=O)C(Cc3ccc(F)c(F)c3)C2)cc1OC1CCCC1. The van der Waals surface area contributed by atoms with Crippen molar-refractivity contribution in [1.29, 1.82) is 0 Å². The molecule has 2 aromatic rings. The van der Waals surface area contributed by atoms with Gasteiger partial charge in [-0.1, -0.05) is 12.1 Å². The van der Waals surface area contributed by atoms with E-state index in [9.17, 15) is 13.6 Å². The second-order valence-corrected chi connectivity index (χ2v) is 8.26. The highest BCUT2D eigenvalue weighted by atomic mass is 19.2. The van der Waals surface area contributed by atoms with Crippen molar-refractivity contribution < 1.29 is 23.0 Å². The van der Waals surface area contributed by atoms with Gasteiger partial charge in [-0.3, -0.25) is 4.79 Å². The number of rotatable bonds is 6. The lowest BCUT2D eigenvalue weighted by atomic mass is 9.82. The van der Waals surface area contributed by atoms with Crippen LogP contribution in [0.3, 0.4) is 0 Å². The highest BCUT2D eigenvalue weighted by Gasteiger charge is 2.30. The molecule has 1 aliphatic heterocycles. The van der Waals surface area contributed by atoms with Gasteiger partial charge in [0.25, 0.3) is 0 Å². The third kappa shape index (κ3) is 4.58. The zero-order valence-electron chi connectivity index (χ0n) is 17.1. The third-order valence-electron chi connectivity index (χ3n) is 6.18. The molecule has 1 aliphatic carbocycles. The summed E-state index contributed by atoms with van der Waals surface area (Å²) in [5, 5.41) is 2.97. The van der Waals surface area contributed by atoms with Gasteiger partial charge in [-0.2, -0.15) is 0 Å². The minimum atomic E-state index is -0.885. The molecule has 160 valence electrons. The van der Waals surface area contributed by atoms with Gasteiger partial charge in [-0.25, -0.2) is 8.78 Å². The van der Waals surface area contributed by atoms with E-state index in [2.05, 4.69) is 5.32 Å². The highest BCUT2D eigenvalue weighted by molar-refractivity contribution is 5.80. The topological polar surface area (TPSA) is 47.6 Å². The Morgan fingerprint density at radius 1 is 1.03 bits per heavy atom. The summed E-state index contributed by atoms with van der Waals surface area (Å²) in [6, 6.07) is 9.77. The summed E-state index contributed by atoms with van der Waals surface area (Å²) < 4.78 is 38.4. The number of hydrogen-bond acceptors (Lipinski definition) is 3. The number of ether oxygens (including phenoxy) is 2. The van der Waals surface area contributed by atoms with E-state index in [1.165, 1.54) is 25.0 Å². The molecule has 2 aliphatic rings. The van der Waals surface area contributed by atoms with Crippen LogP contribution in [-0.4, -0.2) is 25.7 Å². The van der Waals surface area contributed by atoms with Gasteiger partial charge in [-0.15, -0.1) is 0 Å². The molecule has 0 radical (unpaired) electrons. The lowest BCUT2D eigenvalue weighted by Crippen LogP contribution is -2.41. The van der Waals surface area contributed by atoms with Crippen molar-refractivity contribution in [2.24, 2.45) is 5.92 Å². The van der Waals surface area contributed by atoms with Crippen molar-refractivity contribution in [2.75, 3.05) is 13.7 Å². The van der Waals surface area contributed by atoms with Crippen LogP contribution in [0.4, 0.5) is 8.78 Å². The lowest BCUT2D eigenvalue weighted by molar-refractivity contribution is -0.126. The molecule has 2 unspecified atom stereocenters. The van der Waals surface area contributed by atoms with Gasteiger partial charge in [-0.05, 0) is 73.9 Å². The van der Waals surface area contributed by atoms with E-state index in [1.54, 1.807) is 7.11 Å². The van der Waals surface area contributed by atoms with Gasteiger partial charge in [0.05, 0.1) is 13.2 Å². The van der Waals surface area contributed by atoms with Crippen molar-refractivity contribution in [3.8, 4) is 11.5 Å². The zero-order valence-corrected chi connectivity index (χ0v) is 17.1. The molecule has 1 amide bonds. The largest absolute Gasteiger partial charge is 0.493 e. The normalized spacial score (nSPS) is 22.0. The average Bonchev–Trinajstić information content (AvgIpc) is 3.25. The molecule has 1 saturated heterocycles. The van der Waals surface area contributed by atoms with Gasteiger partial charge in [0.1, 0.15) is 0 Å². The fourth-order valence-corrected chi connectivity index (χ4v) is 4.51. The Morgan fingerprint density at radius 2 is 1.83 bits per heavy atom. The quantitative estimate of drug-likeness (QED) is 0.740. The van der Waals surface area contributed by atoms with E-state index in [1.807, 2.05) is 18.2 Å². The van der Waals surface area contributed by atoms with Crippen LogP contribution in [0.2, 0.25) is 0 Å². The molecule has 1 heterocycles. The van der Waals surface area contributed by atoms with E-state index in [0.29, 0.717) is 30.7 Å². The summed E-state index contributed by atoms with van der Waals surface area (Å²) >= 11 is 0. The van der Waals surface area contributed by atoms with Gasteiger partial charge < -0.3 is 14.8 Å². The monoisotopic (exact) mass is 415 g/mol. The lowest BCUT2D eigenvalue weighted by Gasteiger charge is -2.30. The van der Waals surface area contributed by atoms with Crippen LogP contribution in [0.1, 0.15) is 49.1 Å². The van der Waals surface area contributed by atoms with Crippen molar-refractivity contribution in [3.63, 3.8) is 0 Å². The molecule has 1 saturated carbocycles. The minimum Gasteiger partial charge on any atom is -0.493 e. The maximum absolute atomic E-state index is 13.6. The second kappa shape index (κ2) is 9.02. The van der Waals surface area contributed by atoms with Gasteiger partial charge >= 0.3 is 0 Å². The predicted molar refractivity (Wildman–Crippen MR) is 110 cm³/mol. The predicted octanol–water partition coefficient (Wildman–Crippen LogP) is 4.76. The molecule has 4 nitrogen and oxygen atoms in total. The maximum Gasteiger partial charge on any atom is 0.223 e. The highest BCUT2D eigenvalue weighted by Crippen LogP contribution is 2.37. The Balaban J connectivity index is 1.50. The Labute approximate surface area is 175 Å². The first-order chi connectivity index (χ1) is 14.5. The average molecular weight is 415 g/mol. The number of benzene rings is 2. The van der Waals surface area contributed by atoms with E-state index in [4.69, 9.17) is 9.47 Å². The molecule has 0 aromatic heterocycles. The molecular weight excluding hydrogens is 388 g/mol. The molecule has 0 spiro atoms. The summed E-state index contributed by atoms with van der Waals surface area (Å²) in [5.74, 6) is -0.529. The molecule has 2 fully saturated rings. The van der Waals surface area contributed by atoms with Crippen molar-refractivity contribution >= 4 is 5.91 Å². The van der Waals surface area contributed by atoms with Crippen LogP contribution < -0.4 is 14.8 Å². The van der Waals surface area contributed by atoms with Crippen LogP contribution in [0, 0.1) is 17.6 Å². The number of piperidine rings is 1. The Kier molecular flexibility index (Phi) is 6.21. The summed E-state index contributed by atoms with van der Waals surface area (Å²) in [5.41, 5.74) is 1.70. The molecule has 30 heavy (non-hydrogen) atoms. The van der Waals surface area contributed by atoms with Crippen LogP contribution in [-0.2, 0) is 11.2 Å². The molecule has 1 N–H and O–H groups in total. The molecule has 2 aromatic carbocycles. The summed E-state index contributed by atoms with van der Waals surface area (Å²) in [4.78, 5) is 12.4. The van der Waals surface area contributed by atoms with Crippen LogP contribution in [0.5, 0.6) is 11.5 Å². The Bertz CT molecular complexity index is 911. The minimum absolute atomic E-state index is 0.0491. The van der Waals surface area contributed by atoms with Crippen LogP contribution in [0.25, 0.3) is 0 Å². The van der Waals surface area contributed by atoms with Crippen LogP contribution in [0.15, 0.2) is 36.4 Å². The number of halogens is 2. The first-order valence-electron chi connectivity index (χ1n) is 10.6. The summed E-state index contributed by atoms with van der Waals surface area (Å²) in [6.07, 6.45) is 5.73. The van der Waals surface area contributed by atoms with E-state index >= 15 is 0 Å². The number of amides is 1. The fraction of sp³-hybridized carbons (Fsp3) is 0.458. The first-order valence-corrected chi connectivity index (χ1v) is 10.6. The summed E-state index contributed by atoms with van der Waals surface area (Å²) in [7, 11) is 1.63. The van der Waals surface area contributed by atoms with Gasteiger partial charge in [0.15, 0.2) is 23.1 Å². The second-order valence-electron chi connectivity index (χ2n) is 8.26. The number of nitrogens with one attached hydrogen (secondary N) is 1. The number of carbonyl (C=O) groups is 1. The summed E-state index contributed by atoms with van der Waals surface area (Å²) in [6.45, 7) is 0.544. The van der Waals surface area contributed by atoms with E-state index in [0.717, 1.165) is 30.2 Å². The molecule has 0 bridgehead atoms. The number of carbonyl (C=O) groups excluding carboxylic acids is 1. The smallest absolute Gasteiger partial charge is 0.223 e. The number of hydrogen-bond donors (Lipinski definition) is 1.